The normalized spacial score (nSPS) is 16.4. The Labute approximate surface area is 165 Å². The maximum atomic E-state index is 13.3. The topological polar surface area (TPSA) is 57.3 Å². The van der Waals surface area contributed by atoms with E-state index in [2.05, 4.69) is 15.6 Å². The largest absolute Gasteiger partial charge is 0.405 e. The van der Waals surface area contributed by atoms with Crippen LogP contribution in [0.2, 0.25) is 0 Å². The summed E-state index contributed by atoms with van der Waals surface area (Å²) in [5.41, 5.74) is 2.77. The Hall–Kier alpha value is -1.13. The van der Waals surface area contributed by atoms with Gasteiger partial charge >= 0.3 is 6.18 Å². The van der Waals surface area contributed by atoms with Crippen molar-refractivity contribution in [1.29, 1.82) is 0 Å². The summed E-state index contributed by atoms with van der Waals surface area (Å²) in [6.07, 6.45) is -4.38. The lowest BCUT2D eigenvalue weighted by atomic mass is 10.1. The molecule has 1 amide bonds. The van der Waals surface area contributed by atoms with Crippen LogP contribution in [0.3, 0.4) is 0 Å². The number of nitrogens with zero attached hydrogens (tertiary/aromatic N) is 2. The highest BCUT2D eigenvalue weighted by atomic mass is 35.5. The van der Waals surface area contributed by atoms with Crippen LogP contribution in [-0.2, 0) is 0 Å². The molecule has 0 bridgehead atoms. The molecule has 146 valence electrons. The zero-order chi connectivity index (χ0) is 17.2. The average Bonchev–Trinajstić information content (AvgIpc) is 3.02. The fourth-order valence-corrected chi connectivity index (χ4v) is 3.45. The van der Waals surface area contributed by atoms with E-state index in [1.165, 1.54) is 16.2 Å². The number of aromatic nitrogens is 1. The highest BCUT2D eigenvalue weighted by molar-refractivity contribution is 7.16. The van der Waals surface area contributed by atoms with Gasteiger partial charge in [-0.2, -0.15) is 13.2 Å². The van der Waals surface area contributed by atoms with Crippen molar-refractivity contribution in [2.45, 2.75) is 12.2 Å². The summed E-state index contributed by atoms with van der Waals surface area (Å²) in [4.78, 5) is 17.7. The van der Waals surface area contributed by atoms with Crippen LogP contribution in [-0.4, -0.2) is 60.7 Å². The van der Waals surface area contributed by atoms with Gasteiger partial charge in [0.15, 0.2) is 0 Å². The number of rotatable bonds is 4. The minimum atomic E-state index is -4.38. The molecule has 1 atom stereocenters. The first kappa shape index (κ1) is 22.9. The summed E-state index contributed by atoms with van der Waals surface area (Å²) in [7, 11) is 0. The molecule has 2 N–H and O–H groups in total. The van der Waals surface area contributed by atoms with Crippen LogP contribution in [0.4, 0.5) is 13.2 Å². The molecule has 0 saturated carbocycles. The first-order valence-corrected chi connectivity index (χ1v) is 8.46. The lowest BCUT2D eigenvalue weighted by molar-refractivity contribution is -0.183. The second kappa shape index (κ2) is 9.70. The van der Waals surface area contributed by atoms with Crippen molar-refractivity contribution < 1.29 is 18.0 Å². The summed E-state index contributed by atoms with van der Waals surface area (Å²) in [6.45, 7) is 1.20. The van der Waals surface area contributed by atoms with Crippen molar-refractivity contribution in [1.82, 2.24) is 20.5 Å². The van der Waals surface area contributed by atoms with Gasteiger partial charge in [0, 0.05) is 38.3 Å². The SMILES string of the molecule is Cl.Cl.O=C(NCC(N1CCNCC1)C(F)(F)F)c1ccc2ncsc2c1. The molecule has 3 rings (SSSR count). The van der Waals surface area contributed by atoms with Gasteiger partial charge in [-0.05, 0) is 18.2 Å². The molecule has 0 aliphatic carbocycles. The molecule has 0 radical (unpaired) electrons. The first-order valence-electron chi connectivity index (χ1n) is 7.58. The molecule has 1 aromatic heterocycles. The Morgan fingerprint density at radius 1 is 1.31 bits per heavy atom. The summed E-state index contributed by atoms with van der Waals surface area (Å²) >= 11 is 1.38. The van der Waals surface area contributed by atoms with Crippen molar-refractivity contribution in [3.63, 3.8) is 0 Å². The van der Waals surface area contributed by atoms with Gasteiger partial charge in [0.2, 0.25) is 0 Å². The molecule has 11 heteroatoms. The molecule has 26 heavy (non-hydrogen) atoms. The molecular formula is C15H19Cl2F3N4OS. The first-order chi connectivity index (χ1) is 11.4. The van der Waals surface area contributed by atoms with E-state index in [1.54, 1.807) is 23.7 Å². The van der Waals surface area contributed by atoms with Crippen LogP contribution < -0.4 is 10.6 Å². The number of thiazole rings is 1. The second-order valence-electron chi connectivity index (χ2n) is 5.59. The third kappa shape index (κ3) is 5.43. The van der Waals surface area contributed by atoms with E-state index in [0.717, 1.165) is 10.2 Å². The van der Waals surface area contributed by atoms with E-state index >= 15 is 0 Å². The van der Waals surface area contributed by atoms with E-state index in [1.807, 2.05) is 0 Å². The lowest BCUT2D eigenvalue weighted by Crippen LogP contribution is -2.57. The molecule has 1 unspecified atom stereocenters. The van der Waals surface area contributed by atoms with Gasteiger partial charge in [-0.1, -0.05) is 0 Å². The van der Waals surface area contributed by atoms with Gasteiger partial charge in [-0.15, -0.1) is 36.2 Å². The van der Waals surface area contributed by atoms with Gasteiger partial charge in [0.1, 0.15) is 6.04 Å². The number of hydrogen-bond acceptors (Lipinski definition) is 5. The van der Waals surface area contributed by atoms with E-state index < -0.39 is 24.7 Å². The number of carbonyl (C=O) groups is 1. The number of piperazine rings is 1. The van der Waals surface area contributed by atoms with E-state index in [9.17, 15) is 18.0 Å². The van der Waals surface area contributed by atoms with Gasteiger partial charge in [0.05, 0.1) is 15.7 Å². The van der Waals surface area contributed by atoms with Crippen molar-refractivity contribution >= 4 is 52.3 Å². The second-order valence-corrected chi connectivity index (χ2v) is 6.47. The van der Waals surface area contributed by atoms with E-state index in [4.69, 9.17) is 0 Å². The number of benzene rings is 1. The average molecular weight is 431 g/mol. The minimum absolute atomic E-state index is 0. The van der Waals surface area contributed by atoms with Gasteiger partial charge in [-0.25, -0.2) is 4.98 Å². The minimum Gasteiger partial charge on any atom is -0.350 e. The number of hydrogen-bond donors (Lipinski definition) is 2. The number of nitrogens with one attached hydrogen (secondary N) is 2. The van der Waals surface area contributed by atoms with Crippen molar-refractivity contribution in [3.8, 4) is 0 Å². The highest BCUT2D eigenvalue weighted by Crippen LogP contribution is 2.25. The predicted molar refractivity (Wildman–Crippen MR) is 101 cm³/mol. The van der Waals surface area contributed by atoms with Crippen molar-refractivity contribution in [3.05, 3.63) is 29.3 Å². The number of alkyl halides is 3. The molecule has 1 fully saturated rings. The number of fused-ring (bicyclic) bond motifs is 1. The summed E-state index contributed by atoms with van der Waals surface area (Å²) in [6, 6.07) is 3.24. The van der Waals surface area contributed by atoms with Crippen LogP contribution in [0.15, 0.2) is 23.7 Å². The van der Waals surface area contributed by atoms with Crippen LogP contribution >= 0.6 is 36.2 Å². The highest BCUT2D eigenvalue weighted by Gasteiger charge is 2.43. The zero-order valence-corrected chi connectivity index (χ0v) is 16.0. The Morgan fingerprint density at radius 3 is 2.65 bits per heavy atom. The summed E-state index contributed by atoms with van der Waals surface area (Å²) in [5, 5.41) is 5.45. The molecule has 1 aliphatic heterocycles. The van der Waals surface area contributed by atoms with Gasteiger partial charge < -0.3 is 10.6 Å². The number of amides is 1. The summed E-state index contributed by atoms with van der Waals surface area (Å²) in [5.74, 6) is -0.505. The molecule has 2 aromatic rings. The third-order valence-corrected chi connectivity index (χ3v) is 4.81. The predicted octanol–water partition coefficient (Wildman–Crippen LogP) is 2.71. The molecular weight excluding hydrogens is 412 g/mol. The molecule has 1 saturated heterocycles. The Balaban J connectivity index is 0.00000169. The number of halogens is 5. The van der Waals surface area contributed by atoms with Gasteiger partial charge in [0.25, 0.3) is 5.91 Å². The Kier molecular flexibility index (Phi) is 8.55. The Morgan fingerprint density at radius 2 is 2.00 bits per heavy atom. The maximum Gasteiger partial charge on any atom is 0.405 e. The van der Waals surface area contributed by atoms with E-state index in [-0.39, 0.29) is 24.8 Å². The van der Waals surface area contributed by atoms with Crippen molar-refractivity contribution in [2.24, 2.45) is 0 Å². The van der Waals surface area contributed by atoms with Crippen LogP contribution in [0.25, 0.3) is 10.2 Å². The number of carbonyl (C=O) groups excluding carboxylic acids is 1. The van der Waals surface area contributed by atoms with Crippen LogP contribution in [0.1, 0.15) is 10.4 Å². The van der Waals surface area contributed by atoms with Crippen LogP contribution in [0, 0.1) is 0 Å². The monoisotopic (exact) mass is 430 g/mol. The summed E-state index contributed by atoms with van der Waals surface area (Å²) < 4.78 is 40.7. The fraction of sp³-hybridized carbons (Fsp3) is 0.467. The van der Waals surface area contributed by atoms with E-state index in [0.29, 0.717) is 31.7 Å². The molecule has 5 nitrogen and oxygen atoms in total. The third-order valence-electron chi connectivity index (χ3n) is 4.02. The van der Waals surface area contributed by atoms with Crippen molar-refractivity contribution in [2.75, 3.05) is 32.7 Å². The fourth-order valence-electron chi connectivity index (χ4n) is 2.73. The Bertz CT molecular complexity index is 722. The molecule has 2 heterocycles. The maximum absolute atomic E-state index is 13.3. The van der Waals surface area contributed by atoms with Crippen LogP contribution in [0.5, 0.6) is 0 Å². The standard InChI is InChI=1S/C15H17F3N4OS.2ClH/c16-15(17,18)13(22-5-3-19-4-6-22)8-20-14(23)10-1-2-11-12(7-10)24-9-21-11;;/h1-2,7,9,13,19H,3-6,8H2,(H,20,23);2*1H. The van der Waals surface area contributed by atoms with Gasteiger partial charge in [-0.3, -0.25) is 9.69 Å². The zero-order valence-electron chi connectivity index (χ0n) is 13.6. The quantitative estimate of drug-likeness (QED) is 0.782. The molecule has 1 aromatic carbocycles. The molecule has 1 aliphatic rings. The smallest absolute Gasteiger partial charge is 0.350 e. The lowest BCUT2D eigenvalue weighted by Gasteiger charge is -2.35. The molecule has 0 spiro atoms.